The molecular formula is C14H19NO3. The molecule has 1 aliphatic carbocycles. The van der Waals surface area contributed by atoms with Gasteiger partial charge in [-0.15, -0.1) is 0 Å². The topological polar surface area (TPSA) is 49.8 Å². The Morgan fingerprint density at radius 3 is 2.44 bits per heavy atom. The number of carboxylic acid groups (broad SMARTS) is 1. The molecule has 1 aromatic carbocycles. The molecule has 0 radical (unpaired) electrons. The maximum Gasteiger partial charge on any atom is 0.311 e. The van der Waals surface area contributed by atoms with Crippen LogP contribution >= 0.6 is 0 Å². The molecule has 4 heteroatoms. The second-order valence-corrected chi connectivity index (χ2v) is 5.07. The highest BCUT2D eigenvalue weighted by Gasteiger charge is 2.57. The number of ether oxygens (including phenoxy) is 1. The van der Waals surface area contributed by atoms with Gasteiger partial charge in [-0.25, -0.2) is 0 Å². The van der Waals surface area contributed by atoms with E-state index in [1.54, 1.807) is 7.11 Å². The Balaban J connectivity index is 2.46. The van der Waals surface area contributed by atoms with E-state index in [-0.39, 0.29) is 6.04 Å². The van der Waals surface area contributed by atoms with Crippen LogP contribution in [-0.2, 0) is 4.79 Å². The van der Waals surface area contributed by atoms with Crippen LogP contribution in [0.1, 0.15) is 24.4 Å². The van der Waals surface area contributed by atoms with Crippen molar-refractivity contribution in [2.24, 2.45) is 5.41 Å². The van der Waals surface area contributed by atoms with Crippen molar-refractivity contribution in [1.29, 1.82) is 0 Å². The van der Waals surface area contributed by atoms with Crippen molar-refractivity contribution in [1.82, 2.24) is 4.90 Å². The third-order valence-corrected chi connectivity index (χ3v) is 3.69. The molecule has 1 aromatic rings. The summed E-state index contributed by atoms with van der Waals surface area (Å²) < 4.78 is 5.36. The first-order chi connectivity index (χ1) is 8.53. The molecule has 18 heavy (non-hydrogen) atoms. The van der Waals surface area contributed by atoms with Crippen molar-refractivity contribution in [2.45, 2.75) is 18.9 Å². The minimum absolute atomic E-state index is 0.147. The lowest BCUT2D eigenvalue weighted by atomic mass is 9.88. The molecule has 1 unspecified atom stereocenters. The zero-order valence-electron chi connectivity index (χ0n) is 11.0. The van der Waals surface area contributed by atoms with E-state index in [1.807, 2.05) is 43.3 Å². The number of hydrogen-bond acceptors (Lipinski definition) is 3. The van der Waals surface area contributed by atoms with Crippen molar-refractivity contribution < 1.29 is 14.6 Å². The summed E-state index contributed by atoms with van der Waals surface area (Å²) in [6, 6.07) is 7.50. The van der Waals surface area contributed by atoms with Gasteiger partial charge >= 0.3 is 5.97 Å². The van der Waals surface area contributed by atoms with E-state index in [2.05, 4.69) is 0 Å². The summed E-state index contributed by atoms with van der Waals surface area (Å²) in [5, 5.41) is 9.48. The van der Waals surface area contributed by atoms with Gasteiger partial charge in [-0.2, -0.15) is 0 Å². The van der Waals surface area contributed by atoms with Crippen LogP contribution in [0.2, 0.25) is 0 Å². The maximum atomic E-state index is 11.5. The van der Waals surface area contributed by atoms with Gasteiger partial charge in [-0.05, 0) is 33.0 Å². The predicted octanol–water partition coefficient (Wildman–Crippen LogP) is 2.16. The van der Waals surface area contributed by atoms with Gasteiger partial charge in [0.05, 0.1) is 18.6 Å². The molecule has 0 heterocycles. The molecule has 1 atom stereocenters. The quantitative estimate of drug-likeness (QED) is 0.868. The Morgan fingerprint density at radius 2 is 2.00 bits per heavy atom. The number of hydrogen-bond donors (Lipinski definition) is 1. The van der Waals surface area contributed by atoms with Gasteiger partial charge < -0.3 is 14.7 Å². The highest BCUT2D eigenvalue weighted by atomic mass is 16.5. The van der Waals surface area contributed by atoms with Crippen LogP contribution in [-0.4, -0.2) is 37.2 Å². The second kappa shape index (κ2) is 4.61. The van der Waals surface area contributed by atoms with Gasteiger partial charge in [0, 0.05) is 5.56 Å². The molecule has 0 bridgehead atoms. The molecule has 98 valence electrons. The van der Waals surface area contributed by atoms with Crippen molar-refractivity contribution >= 4 is 5.97 Å². The standard InChI is InChI=1S/C14H19NO3/c1-15(2)12(14(8-9-14)13(16)17)10-6-4-5-7-11(10)18-3/h4-7,12H,8-9H2,1-3H3,(H,16,17). The summed E-state index contributed by atoms with van der Waals surface area (Å²) in [5.41, 5.74) is 0.294. The number of para-hydroxylation sites is 1. The molecule has 1 saturated carbocycles. The third kappa shape index (κ3) is 1.97. The third-order valence-electron chi connectivity index (χ3n) is 3.69. The van der Waals surface area contributed by atoms with E-state index < -0.39 is 11.4 Å². The minimum atomic E-state index is -0.716. The maximum absolute atomic E-state index is 11.5. The summed E-state index contributed by atoms with van der Waals surface area (Å²) >= 11 is 0. The van der Waals surface area contributed by atoms with Crippen molar-refractivity contribution in [2.75, 3.05) is 21.2 Å². The number of carbonyl (C=O) groups is 1. The fourth-order valence-electron chi connectivity index (χ4n) is 2.70. The average Bonchev–Trinajstić information content (AvgIpc) is 3.11. The minimum Gasteiger partial charge on any atom is -0.496 e. The largest absolute Gasteiger partial charge is 0.496 e. The van der Waals surface area contributed by atoms with E-state index >= 15 is 0 Å². The zero-order chi connectivity index (χ0) is 13.3. The fraction of sp³-hybridized carbons (Fsp3) is 0.500. The second-order valence-electron chi connectivity index (χ2n) is 5.07. The Bertz CT molecular complexity index is 452. The van der Waals surface area contributed by atoms with Crippen molar-refractivity contribution in [3.8, 4) is 5.75 Å². The van der Waals surface area contributed by atoms with E-state index in [0.29, 0.717) is 0 Å². The number of carboxylic acids is 1. The summed E-state index contributed by atoms with van der Waals surface area (Å²) in [4.78, 5) is 13.5. The molecule has 0 spiro atoms. The van der Waals surface area contributed by atoms with Crippen LogP contribution in [0, 0.1) is 5.41 Å². The Labute approximate surface area is 107 Å². The lowest BCUT2D eigenvalue weighted by Gasteiger charge is -2.31. The van der Waals surface area contributed by atoms with E-state index in [0.717, 1.165) is 24.2 Å². The van der Waals surface area contributed by atoms with Gasteiger partial charge in [-0.1, -0.05) is 18.2 Å². The van der Waals surface area contributed by atoms with Crippen LogP contribution in [0.25, 0.3) is 0 Å². The summed E-state index contributed by atoms with van der Waals surface area (Å²) in [6.07, 6.45) is 1.45. The van der Waals surface area contributed by atoms with Crippen LogP contribution in [0.15, 0.2) is 24.3 Å². The Morgan fingerprint density at radius 1 is 1.39 bits per heavy atom. The lowest BCUT2D eigenvalue weighted by Crippen LogP contribution is -2.34. The SMILES string of the molecule is COc1ccccc1C(N(C)C)C1(C(=O)O)CC1. The van der Waals surface area contributed by atoms with Crippen molar-refractivity contribution in [3.63, 3.8) is 0 Å². The van der Waals surface area contributed by atoms with Gasteiger partial charge in [0.15, 0.2) is 0 Å². The molecule has 0 aliphatic heterocycles. The molecule has 4 nitrogen and oxygen atoms in total. The zero-order valence-corrected chi connectivity index (χ0v) is 11.0. The first kappa shape index (κ1) is 12.9. The summed E-state index contributed by atoms with van der Waals surface area (Å²) in [6.45, 7) is 0. The molecule has 1 N–H and O–H groups in total. The molecule has 0 aromatic heterocycles. The smallest absolute Gasteiger partial charge is 0.311 e. The Hall–Kier alpha value is -1.55. The number of benzene rings is 1. The van der Waals surface area contributed by atoms with Gasteiger partial charge in [0.1, 0.15) is 5.75 Å². The number of rotatable bonds is 5. The van der Waals surface area contributed by atoms with E-state index in [9.17, 15) is 9.90 Å². The lowest BCUT2D eigenvalue weighted by molar-refractivity contribution is -0.146. The molecular weight excluding hydrogens is 230 g/mol. The van der Waals surface area contributed by atoms with Crippen LogP contribution in [0.5, 0.6) is 5.75 Å². The van der Waals surface area contributed by atoms with E-state index in [4.69, 9.17) is 4.74 Å². The number of nitrogens with zero attached hydrogens (tertiary/aromatic N) is 1. The van der Waals surface area contributed by atoms with Crippen LogP contribution in [0.4, 0.5) is 0 Å². The molecule has 1 aliphatic rings. The summed E-state index contributed by atoms with van der Waals surface area (Å²) in [5.74, 6) is 0.0378. The fourth-order valence-corrected chi connectivity index (χ4v) is 2.70. The van der Waals surface area contributed by atoms with Gasteiger partial charge in [-0.3, -0.25) is 4.79 Å². The Kier molecular flexibility index (Phi) is 3.30. The van der Waals surface area contributed by atoms with Gasteiger partial charge in [0.2, 0.25) is 0 Å². The highest BCUT2D eigenvalue weighted by molar-refractivity contribution is 5.79. The molecule has 0 saturated heterocycles. The first-order valence-corrected chi connectivity index (χ1v) is 6.05. The molecule has 1 fully saturated rings. The van der Waals surface area contributed by atoms with Gasteiger partial charge in [0.25, 0.3) is 0 Å². The molecule has 0 amide bonds. The average molecular weight is 249 g/mol. The predicted molar refractivity (Wildman–Crippen MR) is 68.7 cm³/mol. The highest BCUT2D eigenvalue weighted by Crippen LogP contribution is 2.58. The monoisotopic (exact) mass is 249 g/mol. The molecule has 2 rings (SSSR count). The summed E-state index contributed by atoms with van der Waals surface area (Å²) in [7, 11) is 5.45. The first-order valence-electron chi connectivity index (χ1n) is 6.05. The number of aliphatic carboxylic acids is 1. The van der Waals surface area contributed by atoms with Crippen molar-refractivity contribution in [3.05, 3.63) is 29.8 Å². The van der Waals surface area contributed by atoms with Crippen LogP contribution in [0.3, 0.4) is 0 Å². The van der Waals surface area contributed by atoms with Crippen LogP contribution < -0.4 is 4.74 Å². The number of methoxy groups -OCH3 is 1. The normalized spacial score (nSPS) is 18.4. The van der Waals surface area contributed by atoms with E-state index in [1.165, 1.54) is 0 Å².